The summed E-state index contributed by atoms with van der Waals surface area (Å²) in [5, 5.41) is 26.9. The maximum absolute atomic E-state index is 13.7. The second-order valence-corrected chi connectivity index (χ2v) is 12.5. The predicted molar refractivity (Wildman–Crippen MR) is 173 cm³/mol. The number of halogens is 3. The number of hydrogen-bond donors (Lipinski definition) is 4. The van der Waals surface area contributed by atoms with Gasteiger partial charge in [-0.3, -0.25) is 19.3 Å². The Morgan fingerprint density at radius 3 is 2.19 bits per heavy atom. The summed E-state index contributed by atoms with van der Waals surface area (Å²) < 4.78 is 38.1. The fourth-order valence-corrected chi connectivity index (χ4v) is 5.83. The average molecular weight is 663 g/mol. The van der Waals surface area contributed by atoms with Crippen LogP contribution in [-0.4, -0.2) is 102 Å². The summed E-state index contributed by atoms with van der Waals surface area (Å²) >= 11 is 0. The summed E-state index contributed by atoms with van der Waals surface area (Å²) in [6.07, 6.45) is 9.00. The van der Waals surface area contributed by atoms with Crippen LogP contribution in [-0.2, 0) is 20.8 Å². The van der Waals surface area contributed by atoms with Crippen molar-refractivity contribution in [2.75, 3.05) is 33.7 Å². The molecule has 0 radical (unpaired) electrons. The van der Waals surface area contributed by atoms with Crippen LogP contribution in [0.4, 0.5) is 13.2 Å². The van der Waals surface area contributed by atoms with Gasteiger partial charge in [-0.25, -0.2) is 0 Å². The molecule has 0 saturated heterocycles. The quantitative estimate of drug-likeness (QED) is 0.180. The topological polar surface area (TPSA) is 122 Å². The van der Waals surface area contributed by atoms with Gasteiger partial charge in [0.05, 0.1) is 24.6 Å². The molecule has 0 aliphatic heterocycles. The third kappa shape index (κ3) is 14.8. The van der Waals surface area contributed by atoms with E-state index in [1.807, 2.05) is 0 Å². The highest BCUT2D eigenvalue weighted by Crippen LogP contribution is 2.29. The van der Waals surface area contributed by atoms with E-state index in [2.05, 4.69) is 22.5 Å². The molecule has 260 valence electrons. The maximum atomic E-state index is 13.7. The molecule has 1 saturated carbocycles. The number of aliphatic hydroxyl groups excluding tert-OH is 2. The Balaban J connectivity index is 2.19. The van der Waals surface area contributed by atoms with Gasteiger partial charge in [-0.1, -0.05) is 62.4 Å². The molecular weight excluding hydrogens is 613 g/mol. The number of amides is 3. The molecule has 0 bridgehead atoms. The number of carbonyl (C=O) groups excluding carboxylic acids is 3. The monoisotopic (exact) mass is 662 g/mol. The van der Waals surface area contributed by atoms with Crippen LogP contribution >= 0.6 is 0 Å². The number of aliphatic hydroxyl groups is 2. The molecule has 1 aromatic rings. The van der Waals surface area contributed by atoms with Crippen LogP contribution < -0.4 is 10.6 Å². The molecular formula is C35H49F3N4O5. The van der Waals surface area contributed by atoms with Crippen LogP contribution in [0.2, 0.25) is 0 Å². The molecule has 0 heterocycles. The van der Waals surface area contributed by atoms with E-state index in [0.29, 0.717) is 6.42 Å². The van der Waals surface area contributed by atoms with Gasteiger partial charge in [-0.05, 0) is 31.4 Å². The molecule has 1 aromatic carbocycles. The molecule has 0 spiro atoms. The number of alkyl halides is 3. The van der Waals surface area contributed by atoms with Crippen molar-refractivity contribution in [2.45, 2.75) is 94.7 Å². The zero-order chi connectivity index (χ0) is 35.0. The summed E-state index contributed by atoms with van der Waals surface area (Å²) in [5.74, 6) is 2.34. The molecule has 2 rings (SSSR count). The highest BCUT2D eigenvalue weighted by molar-refractivity contribution is 5.91. The van der Waals surface area contributed by atoms with Gasteiger partial charge in [0.2, 0.25) is 17.7 Å². The minimum atomic E-state index is -4.37. The summed E-state index contributed by atoms with van der Waals surface area (Å²) in [6.45, 7) is -1.12. The number of rotatable bonds is 18. The average Bonchev–Trinajstić information content (AvgIpc) is 3.02. The van der Waals surface area contributed by atoms with Gasteiger partial charge < -0.3 is 25.7 Å². The highest BCUT2D eigenvalue weighted by Gasteiger charge is 2.34. The molecule has 47 heavy (non-hydrogen) atoms. The van der Waals surface area contributed by atoms with E-state index < -0.39 is 60.7 Å². The van der Waals surface area contributed by atoms with E-state index in [1.165, 1.54) is 19.0 Å². The van der Waals surface area contributed by atoms with Gasteiger partial charge in [-0.15, -0.1) is 24.7 Å². The third-order valence-corrected chi connectivity index (χ3v) is 8.54. The number of nitrogens with one attached hydrogen (secondary N) is 2. The highest BCUT2D eigenvalue weighted by atomic mass is 19.4. The van der Waals surface area contributed by atoms with Crippen LogP contribution in [0, 0.1) is 36.5 Å². The van der Waals surface area contributed by atoms with Crippen LogP contribution in [0.1, 0.15) is 63.4 Å². The molecule has 1 fully saturated rings. The van der Waals surface area contributed by atoms with E-state index in [1.54, 1.807) is 30.3 Å². The lowest BCUT2D eigenvalue weighted by Gasteiger charge is -2.33. The Morgan fingerprint density at radius 2 is 1.60 bits per heavy atom. The Morgan fingerprint density at radius 1 is 0.957 bits per heavy atom. The Labute approximate surface area is 276 Å². The Hall–Kier alpha value is -3.58. The molecule has 1 aliphatic rings. The van der Waals surface area contributed by atoms with E-state index in [-0.39, 0.29) is 44.7 Å². The number of terminal acetylenes is 2. The van der Waals surface area contributed by atoms with Gasteiger partial charge in [0, 0.05) is 39.4 Å². The Bertz CT molecular complexity index is 1210. The smallest absolute Gasteiger partial charge is 0.389 e. The third-order valence-electron chi connectivity index (χ3n) is 8.54. The first-order chi connectivity index (χ1) is 22.2. The minimum absolute atomic E-state index is 0.0173. The van der Waals surface area contributed by atoms with Crippen molar-refractivity contribution < 1.29 is 37.8 Å². The van der Waals surface area contributed by atoms with Gasteiger partial charge in [0.25, 0.3) is 0 Å². The van der Waals surface area contributed by atoms with Crippen molar-refractivity contribution in [1.29, 1.82) is 0 Å². The molecule has 0 aromatic heterocycles. The van der Waals surface area contributed by atoms with Crippen molar-refractivity contribution in [3.63, 3.8) is 0 Å². The van der Waals surface area contributed by atoms with Crippen LogP contribution in [0.25, 0.3) is 0 Å². The number of nitrogens with zero attached hydrogens (tertiary/aromatic N) is 2. The van der Waals surface area contributed by atoms with Crippen molar-refractivity contribution in [3.8, 4) is 24.7 Å². The maximum Gasteiger partial charge on any atom is 0.401 e. The number of hydrogen-bond acceptors (Lipinski definition) is 6. The fourth-order valence-electron chi connectivity index (χ4n) is 5.83. The lowest BCUT2D eigenvalue weighted by Crippen LogP contribution is -2.55. The summed E-state index contributed by atoms with van der Waals surface area (Å²) in [5.41, 5.74) is 0.768. The van der Waals surface area contributed by atoms with E-state index in [0.717, 1.165) is 42.6 Å². The normalized spacial score (nSPS) is 17.0. The predicted octanol–water partition coefficient (Wildman–Crippen LogP) is 2.90. The van der Waals surface area contributed by atoms with Crippen LogP contribution in [0.5, 0.6) is 0 Å². The van der Waals surface area contributed by atoms with E-state index >= 15 is 0 Å². The number of likely N-dealkylation sites (N-methyl/N-ethyl adjacent to an activating group) is 2. The summed E-state index contributed by atoms with van der Waals surface area (Å²) in [4.78, 5) is 42.7. The van der Waals surface area contributed by atoms with Crippen molar-refractivity contribution >= 4 is 17.7 Å². The number of carbonyl (C=O) groups is 3. The fraction of sp³-hybridized carbons (Fsp3) is 0.629. The molecule has 4 N–H and O–H groups in total. The molecule has 5 atom stereocenters. The van der Waals surface area contributed by atoms with Gasteiger partial charge in [0.15, 0.2) is 0 Å². The first-order valence-corrected chi connectivity index (χ1v) is 16.1. The van der Waals surface area contributed by atoms with Crippen LogP contribution in [0.3, 0.4) is 0 Å². The molecule has 9 nitrogen and oxygen atoms in total. The molecule has 1 aliphatic carbocycles. The Kier molecular flexibility index (Phi) is 16.8. The van der Waals surface area contributed by atoms with Crippen molar-refractivity contribution in [3.05, 3.63) is 35.9 Å². The molecule has 12 heteroatoms. The van der Waals surface area contributed by atoms with E-state index in [4.69, 9.17) is 12.8 Å². The zero-order valence-electron chi connectivity index (χ0n) is 27.3. The summed E-state index contributed by atoms with van der Waals surface area (Å²) in [7, 11) is 2.77. The second-order valence-electron chi connectivity index (χ2n) is 12.5. The number of benzene rings is 1. The van der Waals surface area contributed by atoms with Crippen molar-refractivity contribution in [2.24, 2.45) is 11.8 Å². The van der Waals surface area contributed by atoms with Crippen LogP contribution in [0.15, 0.2) is 30.3 Å². The SMILES string of the molecule is C#CC[C@H](NC(=O)C(CC(=O)N(C)CCN(C)CC(F)(F)F)Cc1ccccc1)C(=O)NC(CC1CCCCC1)[C@@H](O)[C@@H](O)CC#C. The van der Waals surface area contributed by atoms with E-state index in [9.17, 15) is 37.8 Å². The minimum Gasteiger partial charge on any atom is -0.389 e. The van der Waals surface area contributed by atoms with Gasteiger partial charge in [0.1, 0.15) is 12.1 Å². The second kappa shape index (κ2) is 19.9. The lowest BCUT2D eigenvalue weighted by atomic mass is 9.82. The first-order valence-electron chi connectivity index (χ1n) is 16.1. The lowest BCUT2D eigenvalue weighted by molar-refractivity contribution is -0.144. The van der Waals surface area contributed by atoms with Gasteiger partial charge in [-0.2, -0.15) is 13.2 Å². The molecule has 2 unspecified atom stereocenters. The van der Waals surface area contributed by atoms with Gasteiger partial charge >= 0.3 is 6.18 Å². The summed E-state index contributed by atoms with van der Waals surface area (Å²) in [6, 6.07) is 6.94. The largest absolute Gasteiger partial charge is 0.401 e. The standard InChI is InChI=1S/C35H49F3N4O5/c1-5-13-28(34(47)40-29(32(45)30(43)14-6-2)22-26-17-11-8-12-18-26)39-33(46)27(21-25-15-9-7-10-16-25)23-31(44)42(4)20-19-41(3)24-35(36,37)38/h1-2,7,9-10,15-16,26-30,32,43,45H,8,11-14,17-24H2,3-4H3,(H,39,46)(H,40,47)/t27?,28-,29?,30-,32+/m0/s1. The molecule has 3 amide bonds. The van der Waals surface area contributed by atoms with Crippen molar-refractivity contribution in [1.82, 2.24) is 20.4 Å². The zero-order valence-corrected chi connectivity index (χ0v) is 27.3. The first kappa shape index (κ1) is 39.6.